The molecule has 0 nitrogen and oxygen atoms in total. The molecule has 0 amide bonds. The fourth-order valence-corrected chi connectivity index (χ4v) is 5.46. The molecule has 0 aromatic heterocycles. The molecule has 0 aromatic carbocycles. The minimum Gasteiger partial charge on any atom is -0.0974 e. The van der Waals surface area contributed by atoms with E-state index in [9.17, 15) is 0 Å². The van der Waals surface area contributed by atoms with E-state index in [0.29, 0.717) is 11.8 Å². The highest BCUT2D eigenvalue weighted by molar-refractivity contribution is 8.08. The smallest absolute Gasteiger partial charge is 0.0276 e. The van der Waals surface area contributed by atoms with Crippen LogP contribution >= 0.6 is 23.5 Å². The molecular weight excluding hydrogens is 268 g/mol. The van der Waals surface area contributed by atoms with Crippen molar-refractivity contribution in [1.82, 2.24) is 0 Å². The topological polar surface area (TPSA) is 0 Å². The van der Waals surface area contributed by atoms with Gasteiger partial charge in [-0.3, -0.25) is 0 Å². The second-order valence-corrected chi connectivity index (χ2v) is 8.08. The van der Waals surface area contributed by atoms with E-state index in [-0.39, 0.29) is 5.41 Å². The lowest BCUT2D eigenvalue weighted by Gasteiger charge is -2.27. The maximum atomic E-state index is 2.44. The Kier molecular flexibility index (Phi) is 2.55. The first-order valence-corrected chi connectivity index (χ1v) is 8.35. The fourth-order valence-electron chi connectivity index (χ4n) is 2.87. The normalized spacial score (nSPS) is 31.1. The zero-order valence-corrected chi connectivity index (χ0v) is 12.7. The van der Waals surface area contributed by atoms with E-state index in [4.69, 9.17) is 0 Å². The number of thioether (sulfide) groups is 2. The van der Waals surface area contributed by atoms with Gasteiger partial charge in [-0.25, -0.2) is 0 Å². The summed E-state index contributed by atoms with van der Waals surface area (Å²) in [7, 11) is 0. The molecule has 0 radical (unpaired) electrons. The Hall–Kier alpha value is -0.860. The summed E-state index contributed by atoms with van der Waals surface area (Å²) >= 11 is 3.94. The Morgan fingerprint density at radius 1 is 0.842 bits per heavy atom. The first-order chi connectivity index (χ1) is 9.14. The number of hydrogen-bond donors (Lipinski definition) is 0. The molecule has 19 heavy (non-hydrogen) atoms. The molecule has 0 aromatic rings. The lowest BCUT2D eigenvalue weighted by molar-refractivity contribution is 0.599. The molecule has 0 bridgehead atoms. The van der Waals surface area contributed by atoms with Crippen LogP contribution in [0.25, 0.3) is 0 Å². The van der Waals surface area contributed by atoms with E-state index in [2.05, 4.69) is 62.5 Å². The van der Waals surface area contributed by atoms with E-state index in [0.717, 1.165) is 0 Å². The summed E-state index contributed by atoms with van der Waals surface area (Å²) in [6, 6.07) is 0. The van der Waals surface area contributed by atoms with Crippen molar-refractivity contribution in [1.29, 1.82) is 0 Å². The zero-order chi connectivity index (χ0) is 13.0. The summed E-state index contributed by atoms with van der Waals surface area (Å²) in [6.45, 7) is 4.72. The SMILES string of the molecule is CC(C)(C1=CC2C=CC=C2S1)C1=CC2C=CC=C2S1. The lowest BCUT2D eigenvalue weighted by Crippen LogP contribution is -2.12. The molecule has 2 aliphatic heterocycles. The van der Waals surface area contributed by atoms with Crippen LogP contribution in [-0.2, 0) is 0 Å². The molecule has 2 heteroatoms. The zero-order valence-electron chi connectivity index (χ0n) is 11.1. The molecule has 4 rings (SSSR count). The highest BCUT2D eigenvalue weighted by Gasteiger charge is 2.38. The largest absolute Gasteiger partial charge is 0.0974 e. The maximum absolute atomic E-state index is 2.44. The van der Waals surface area contributed by atoms with Gasteiger partial charge >= 0.3 is 0 Å². The van der Waals surface area contributed by atoms with Gasteiger partial charge in [0.25, 0.3) is 0 Å². The third-order valence-corrected chi connectivity index (χ3v) is 7.18. The number of fused-ring (bicyclic) bond motifs is 2. The molecular formula is C17H16S2. The lowest BCUT2D eigenvalue weighted by atomic mass is 9.89. The number of allylic oxidation sites excluding steroid dienone is 12. The van der Waals surface area contributed by atoms with Gasteiger partial charge < -0.3 is 0 Å². The van der Waals surface area contributed by atoms with Crippen LogP contribution < -0.4 is 0 Å². The molecule has 2 unspecified atom stereocenters. The molecule has 96 valence electrons. The standard InChI is InChI=1S/C17H16S2/c1-17(2,15-9-11-5-3-7-13(11)18-15)16-10-12-6-4-8-14(12)19-16/h3-12H,1-2H3. The van der Waals surface area contributed by atoms with Crippen molar-refractivity contribution in [3.63, 3.8) is 0 Å². The van der Waals surface area contributed by atoms with Crippen LogP contribution in [0.3, 0.4) is 0 Å². The van der Waals surface area contributed by atoms with Gasteiger partial charge in [-0.05, 0) is 9.81 Å². The van der Waals surface area contributed by atoms with E-state index in [1.165, 1.54) is 19.6 Å². The Bertz CT molecular complexity index is 570. The van der Waals surface area contributed by atoms with Crippen molar-refractivity contribution in [2.45, 2.75) is 13.8 Å². The van der Waals surface area contributed by atoms with Crippen LogP contribution in [0.4, 0.5) is 0 Å². The maximum Gasteiger partial charge on any atom is 0.0276 e. The molecule has 4 aliphatic rings. The van der Waals surface area contributed by atoms with Crippen LogP contribution in [0.2, 0.25) is 0 Å². The van der Waals surface area contributed by atoms with Gasteiger partial charge in [-0.15, -0.1) is 0 Å². The molecule has 2 aliphatic carbocycles. The average Bonchev–Trinajstić information content (AvgIpc) is 3.07. The Labute approximate surface area is 123 Å². The first kappa shape index (κ1) is 11.9. The summed E-state index contributed by atoms with van der Waals surface area (Å²) in [5.41, 5.74) is 0.146. The Morgan fingerprint density at radius 3 is 1.74 bits per heavy atom. The van der Waals surface area contributed by atoms with Gasteiger partial charge in [-0.1, -0.05) is 86.0 Å². The minimum absolute atomic E-state index is 0.146. The quantitative estimate of drug-likeness (QED) is 0.664. The van der Waals surface area contributed by atoms with E-state index >= 15 is 0 Å². The van der Waals surface area contributed by atoms with Crippen molar-refractivity contribution < 1.29 is 0 Å². The summed E-state index contributed by atoms with van der Waals surface area (Å²) in [4.78, 5) is 6.00. The predicted octanol–water partition coefficient (Wildman–Crippen LogP) is 5.41. The van der Waals surface area contributed by atoms with Crippen molar-refractivity contribution in [2.24, 2.45) is 17.3 Å². The van der Waals surface area contributed by atoms with Gasteiger partial charge in [-0.2, -0.15) is 0 Å². The van der Waals surface area contributed by atoms with Gasteiger partial charge in [0, 0.05) is 27.1 Å². The van der Waals surface area contributed by atoms with Crippen molar-refractivity contribution in [2.75, 3.05) is 0 Å². The van der Waals surface area contributed by atoms with Gasteiger partial charge in [0.2, 0.25) is 0 Å². The van der Waals surface area contributed by atoms with Crippen molar-refractivity contribution in [3.8, 4) is 0 Å². The van der Waals surface area contributed by atoms with Crippen LogP contribution in [0.5, 0.6) is 0 Å². The van der Waals surface area contributed by atoms with Gasteiger partial charge in [0.1, 0.15) is 0 Å². The van der Waals surface area contributed by atoms with Crippen LogP contribution in [0, 0.1) is 17.3 Å². The molecule has 0 saturated carbocycles. The highest BCUT2D eigenvalue weighted by Crippen LogP contribution is 2.58. The molecule has 0 spiro atoms. The molecule has 0 N–H and O–H groups in total. The second-order valence-electron chi connectivity index (χ2n) is 5.85. The summed E-state index contributed by atoms with van der Waals surface area (Å²) in [6.07, 6.45) is 18.3. The van der Waals surface area contributed by atoms with Crippen LogP contribution in [0.1, 0.15) is 13.8 Å². The molecule has 2 atom stereocenters. The Balaban J connectivity index is 1.64. The third-order valence-electron chi connectivity index (χ3n) is 4.16. The predicted molar refractivity (Wildman–Crippen MR) is 86.6 cm³/mol. The van der Waals surface area contributed by atoms with E-state index in [1.54, 1.807) is 0 Å². The fraction of sp³-hybridized carbons (Fsp3) is 0.294. The van der Waals surface area contributed by atoms with Crippen LogP contribution in [-0.4, -0.2) is 0 Å². The van der Waals surface area contributed by atoms with Gasteiger partial charge in [0.05, 0.1) is 0 Å². The van der Waals surface area contributed by atoms with Crippen molar-refractivity contribution in [3.05, 3.63) is 68.2 Å². The van der Waals surface area contributed by atoms with Crippen LogP contribution in [0.15, 0.2) is 68.2 Å². The average molecular weight is 284 g/mol. The third kappa shape index (κ3) is 1.77. The number of rotatable bonds is 2. The molecule has 0 saturated heterocycles. The monoisotopic (exact) mass is 284 g/mol. The molecule has 0 fully saturated rings. The summed E-state index contributed by atoms with van der Waals surface area (Å²) in [5, 5.41) is 0. The minimum atomic E-state index is 0.146. The first-order valence-electron chi connectivity index (χ1n) is 6.72. The number of hydrogen-bond acceptors (Lipinski definition) is 2. The Morgan fingerprint density at radius 2 is 1.32 bits per heavy atom. The van der Waals surface area contributed by atoms with E-state index < -0.39 is 0 Å². The van der Waals surface area contributed by atoms with Gasteiger partial charge in [0.15, 0.2) is 0 Å². The summed E-state index contributed by atoms with van der Waals surface area (Å²) < 4.78 is 0. The highest BCUT2D eigenvalue weighted by atomic mass is 32.2. The molecule has 2 heterocycles. The summed E-state index contributed by atoms with van der Waals surface area (Å²) in [5.74, 6) is 1.09. The van der Waals surface area contributed by atoms with Crippen molar-refractivity contribution >= 4 is 23.5 Å². The second kappa shape index (κ2) is 4.07. The van der Waals surface area contributed by atoms with E-state index in [1.807, 2.05) is 23.5 Å².